The minimum atomic E-state index is -5.99. The molecule has 2 N–H and O–H groups in total. The minimum absolute atomic E-state index is 0.0364. The monoisotopic (exact) mass is 578 g/mol. The van der Waals surface area contributed by atoms with E-state index in [-0.39, 0.29) is 48.6 Å². The number of furan rings is 1. The predicted octanol–water partition coefficient (Wildman–Crippen LogP) is 6.12. The zero-order chi connectivity index (χ0) is 29.9. The number of hydrogen-bond acceptors (Lipinski definition) is 5. The number of nitrogens with one attached hydrogen (secondary N) is 1. The highest BCUT2D eigenvalue weighted by atomic mass is 19.4. The Hall–Kier alpha value is -3.22. The molecular weight excluding hydrogens is 546 g/mol. The molecule has 1 aromatic heterocycles. The van der Waals surface area contributed by atoms with E-state index in [9.17, 15) is 41.0 Å². The first-order valence-corrected chi connectivity index (χ1v) is 12.9. The molecule has 1 aliphatic heterocycles. The molecule has 0 bridgehead atoms. The van der Waals surface area contributed by atoms with Gasteiger partial charge >= 0.3 is 18.4 Å². The highest BCUT2D eigenvalue weighted by molar-refractivity contribution is 6.06. The summed E-state index contributed by atoms with van der Waals surface area (Å²) in [6.07, 6.45) is -8.87. The summed E-state index contributed by atoms with van der Waals surface area (Å²) < 4.78 is 92.5. The molecule has 2 aromatic rings. The number of imide groups is 1. The number of benzene rings is 1. The van der Waals surface area contributed by atoms with Gasteiger partial charge in [0, 0.05) is 12.1 Å². The van der Waals surface area contributed by atoms with Crippen molar-refractivity contribution in [1.82, 2.24) is 10.2 Å². The van der Waals surface area contributed by atoms with E-state index in [0.717, 1.165) is 4.90 Å². The maximum absolute atomic E-state index is 13.6. The van der Waals surface area contributed by atoms with Gasteiger partial charge in [-0.25, -0.2) is 4.79 Å². The maximum Gasteiger partial charge on any atom is 0.430 e. The van der Waals surface area contributed by atoms with E-state index in [2.05, 4.69) is 5.32 Å². The molecule has 3 rings (SSSR count). The van der Waals surface area contributed by atoms with Crippen molar-refractivity contribution < 1.29 is 50.2 Å². The fourth-order valence-electron chi connectivity index (χ4n) is 4.72. The normalized spacial score (nSPS) is 18.4. The van der Waals surface area contributed by atoms with Crippen LogP contribution >= 0.6 is 0 Å². The zero-order valence-corrected chi connectivity index (χ0v) is 22.3. The average molecular weight is 579 g/mol. The molecule has 1 saturated heterocycles. The number of ether oxygens (including phenoxy) is 1. The number of unbranched alkanes of at least 4 members (excludes halogenated alkanes) is 1. The lowest BCUT2D eigenvalue weighted by atomic mass is 9.87. The molecule has 0 radical (unpaired) electrons. The van der Waals surface area contributed by atoms with Crippen LogP contribution in [0.25, 0.3) is 0 Å². The van der Waals surface area contributed by atoms with E-state index in [1.165, 1.54) is 13.2 Å². The molecule has 7 nitrogen and oxygen atoms in total. The lowest BCUT2D eigenvalue weighted by Crippen LogP contribution is -2.54. The Balaban J connectivity index is 1.76. The number of rotatable bonds is 12. The summed E-state index contributed by atoms with van der Waals surface area (Å²) in [5.41, 5.74) is -7.42. The van der Waals surface area contributed by atoms with Crippen molar-refractivity contribution in [3.63, 3.8) is 0 Å². The minimum Gasteiger partial charge on any atom is -0.493 e. The van der Waals surface area contributed by atoms with Crippen LogP contribution in [0.2, 0.25) is 0 Å². The van der Waals surface area contributed by atoms with Crippen LogP contribution in [-0.4, -0.2) is 47.4 Å². The van der Waals surface area contributed by atoms with Gasteiger partial charge in [0.15, 0.2) is 5.54 Å². The molecule has 1 atom stereocenters. The van der Waals surface area contributed by atoms with Gasteiger partial charge in [-0.1, -0.05) is 26.7 Å². The van der Waals surface area contributed by atoms with Gasteiger partial charge in [0.25, 0.3) is 11.5 Å². The molecule has 1 unspecified atom stereocenters. The summed E-state index contributed by atoms with van der Waals surface area (Å²) in [5, 5.41) is 12.6. The molecule has 0 spiro atoms. The zero-order valence-electron chi connectivity index (χ0n) is 22.3. The van der Waals surface area contributed by atoms with Crippen molar-refractivity contribution in [1.29, 1.82) is 0 Å². The number of carbonyl (C=O) groups is 2. The molecule has 40 heavy (non-hydrogen) atoms. The van der Waals surface area contributed by atoms with Crippen molar-refractivity contribution in [2.24, 2.45) is 0 Å². The summed E-state index contributed by atoms with van der Waals surface area (Å²) in [6.45, 7) is 5.06. The van der Waals surface area contributed by atoms with Gasteiger partial charge in [0.2, 0.25) is 0 Å². The van der Waals surface area contributed by atoms with Crippen LogP contribution in [0.3, 0.4) is 0 Å². The Morgan fingerprint density at radius 2 is 1.57 bits per heavy atom. The second kappa shape index (κ2) is 11.7. The van der Waals surface area contributed by atoms with Crippen LogP contribution in [0, 0.1) is 0 Å². The Labute approximate surface area is 227 Å². The number of aliphatic hydroxyl groups is 1. The lowest BCUT2D eigenvalue weighted by Gasteiger charge is -2.33. The van der Waals surface area contributed by atoms with Gasteiger partial charge in [-0.15, -0.1) is 0 Å². The van der Waals surface area contributed by atoms with Gasteiger partial charge in [0.05, 0.1) is 12.9 Å². The number of amides is 3. The van der Waals surface area contributed by atoms with Crippen LogP contribution in [0.15, 0.2) is 34.9 Å². The van der Waals surface area contributed by atoms with E-state index in [1.54, 1.807) is 26.0 Å². The summed E-state index contributed by atoms with van der Waals surface area (Å²) in [7, 11) is 0. The first-order valence-electron chi connectivity index (χ1n) is 12.9. The summed E-state index contributed by atoms with van der Waals surface area (Å²) in [6, 6.07) is 4.01. The van der Waals surface area contributed by atoms with Crippen molar-refractivity contribution in [3.8, 4) is 5.75 Å². The van der Waals surface area contributed by atoms with Crippen LogP contribution in [-0.2, 0) is 28.8 Å². The Morgan fingerprint density at radius 1 is 1.00 bits per heavy atom. The number of carbonyl (C=O) groups excluding carboxylic acids is 2. The number of alkyl halides is 6. The molecule has 1 fully saturated rings. The summed E-state index contributed by atoms with van der Waals surface area (Å²) in [5.74, 6) is -0.0178. The highest BCUT2D eigenvalue weighted by Crippen LogP contribution is 2.51. The first-order chi connectivity index (χ1) is 18.6. The van der Waals surface area contributed by atoms with Crippen LogP contribution in [0.1, 0.15) is 68.9 Å². The van der Waals surface area contributed by atoms with Crippen molar-refractivity contribution >= 4 is 11.9 Å². The van der Waals surface area contributed by atoms with E-state index in [4.69, 9.17) is 9.15 Å². The first kappa shape index (κ1) is 31.3. The Kier molecular flexibility index (Phi) is 9.17. The topological polar surface area (TPSA) is 92.0 Å². The highest BCUT2D eigenvalue weighted by Gasteiger charge is 2.71. The van der Waals surface area contributed by atoms with E-state index in [1.807, 2.05) is 0 Å². The molecule has 1 aromatic carbocycles. The Morgan fingerprint density at radius 3 is 2.05 bits per heavy atom. The second-order valence-corrected chi connectivity index (χ2v) is 9.87. The molecule has 13 heteroatoms. The smallest absolute Gasteiger partial charge is 0.430 e. The van der Waals surface area contributed by atoms with Crippen LogP contribution < -0.4 is 10.1 Å². The fraction of sp³-hybridized carbons (Fsp3) is 0.556. The molecule has 0 aliphatic carbocycles. The SMILES string of the molecule is CCCc1cc(C(O)(C(F)(F)F)C(F)(F)F)cc(CCC)c1OCCCCN1C(=O)NC(C)(c2ccco2)C1=O. The van der Waals surface area contributed by atoms with Gasteiger partial charge in [-0.05, 0) is 68.0 Å². The van der Waals surface area contributed by atoms with Gasteiger partial charge in [-0.2, -0.15) is 26.3 Å². The third kappa shape index (κ3) is 5.79. The van der Waals surface area contributed by atoms with Crippen LogP contribution in [0.4, 0.5) is 31.1 Å². The molecule has 3 amide bonds. The molecular formula is C27H32F6N2O5. The van der Waals surface area contributed by atoms with Gasteiger partial charge < -0.3 is 19.6 Å². The van der Waals surface area contributed by atoms with Crippen LogP contribution in [0.5, 0.6) is 5.75 Å². The third-order valence-corrected chi connectivity index (χ3v) is 6.83. The average Bonchev–Trinajstić information content (AvgIpc) is 3.47. The Bertz CT molecular complexity index is 1150. The number of nitrogens with zero attached hydrogens (tertiary/aromatic N) is 1. The van der Waals surface area contributed by atoms with Crippen molar-refractivity contribution in [2.45, 2.75) is 82.8 Å². The second-order valence-electron chi connectivity index (χ2n) is 9.87. The largest absolute Gasteiger partial charge is 0.493 e. The summed E-state index contributed by atoms with van der Waals surface area (Å²) >= 11 is 0. The lowest BCUT2D eigenvalue weighted by molar-refractivity contribution is -0.376. The molecule has 0 saturated carbocycles. The van der Waals surface area contributed by atoms with Gasteiger partial charge in [-0.3, -0.25) is 9.69 Å². The van der Waals surface area contributed by atoms with Crippen molar-refractivity contribution in [2.75, 3.05) is 13.2 Å². The standard InChI is InChI=1S/C27H32F6N2O5/c1-4-9-17-15-19(25(38,26(28,29)30)27(31,32)33)16-18(10-5-2)21(17)40-13-7-6-12-35-22(36)24(3,34-23(35)37)20-11-8-14-39-20/h8,11,14-16,38H,4-7,9-10,12-13H2,1-3H3,(H,34,37). The fourth-order valence-corrected chi connectivity index (χ4v) is 4.72. The predicted molar refractivity (Wildman–Crippen MR) is 131 cm³/mol. The van der Waals surface area contributed by atoms with E-state index < -0.39 is 41.0 Å². The summed E-state index contributed by atoms with van der Waals surface area (Å²) in [4.78, 5) is 26.3. The number of urea groups is 1. The maximum atomic E-state index is 13.6. The van der Waals surface area contributed by atoms with Crippen molar-refractivity contribution in [3.05, 3.63) is 53.0 Å². The quantitative estimate of drug-likeness (QED) is 0.180. The van der Waals surface area contributed by atoms with E-state index in [0.29, 0.717) is 37.8 Å². The number of aryl methyl sites for hydroxylation is 2. The molecule has 1 aliphatic rings. The van der Waals surface area contributed by atoms with Gasteiger partial charge in [0.1, 0.15) is 11.5 Å². The molecule has 222 valence electrons. The number of halogens is 6. The number of hydrogen-bond donors (Lipinski definition) is 2. The van der Waals surface area contributed by atoms with E-state index >= 15 is 0 Å². The molecule has 2 heterocycles. The third-order valence-electron chi connectivity index (χ3n) is 6.83.